The fraction of sp³-hybridized carbons (Fsp3) is 0.333. The summed E-state index contributed by atoms with van der Waals surface area (Å²) in [4.78, 5) is 0. The Balaban J connectivity index is 2.60. The molecule has 0 aliphatic carbocycles. The van der Waals surface area contributed by atoms with Crippen molar-refractivity contribution in [3.05, 3.63) is 35.4 Å². The van der Waals surface area contributed by atoms with E-state index in [0.29, 0.717) is 13.0 Å². The third kappa shape index (κ3) is 3.69. The summed E-state index contributed by atoms with van der Waals surface area (Å²) >= 11 is 0. The van der Waals surface area contributed by atoms with Crippen LogP contribution in [0.4, 0.5) is 8.78 Å². The van der Waals surface area contributed by atoms with Gasteiger partial charge in [0, 0.05) is 6.42 Å². The van der Waals surface area contributed by atoms with Crippen molar-refractivity contribution in [3.8, 4) is 11.8 Å². The summed E-state index contributed by atoms with van der Waals surface area (Å²) < 4.78 is 25.8. The largest absolute Gasteiger partial charge is 0.330 e. The second-order valence-electron chi connectivity index (χ2n) is 3.15. The first-order valence-corrected chi connectivity index (χ1v) is 4.88. The zero-order valence-corrected chi connectivity index (χ0v) is 8.39. The number of benzene rings is 1. The first-order valence-electron chi connectivity index (χ1n) is 4.88. The van der Waals surface area contributed by atoms with Crippen molar-refractivity contribution in [2.24, 2.45) is 5.73 Å². The Morgan fingerprint density at radius 2 is 2.00 bits per heavy atom. The number of nitrogens with two attached hydrogens (primary N) is 1. The van der Waals surface area contributed by atoms with E-state index in [1.807, 2.05) is 0 Å². The molecule has 3 heteroatoms. The van der Waals surface area contributed by atoms with E-state index in [1.54, 1.807) is 0 Å². The van der Waals surface area contributed by atoms with Crippen molar-refractivity contribution in [1.29, 1.82) is 0 Å². The molecule has 0 aromatic heterocycles. The van der Waals surface area contributed by atoms with Crippen molar-refractivity contribution >= 4 is 0 Å². The van der Waals surface area contributed by atoms with Gasteiger partial charge >= 0.3 is 0 Å². The maximum absolute atomic E-state index is 13.1. The number of rotatable bonds is 3. The quantitative estimate of drug-likeness (QED) is 0.600. The Labute approximate surface area is 88.3 Å². The lowest BCUT2D eigenvalue weighted by atomic mass is 10.2. The molecule has 0 aliphatic rings. The van der Waals surface area contributed by atoms with Crippen molar-refractivity contribution < 1.29 is 8.78 Å². The molecule has 15 heavy (non-hydrogen) atoms. The predicted octanol–water partition coefficient (Wildman–Crippen LogP) is 2.45. The van der Waals surface area contributed by atoms with E-state index in [1.165, 1.54) is 12.1 Å². The summed E-state index contributed by atoms with van der Waals surface area (Å²) in [5.41, 5.74) is 5.42. The highest BCUT2D eigenvalue weighted by molar-refractivity contribution is 5.35. The Bertz CT molecular complexity index is 377. The minimum Gasteiger partial charge on any atom is -0.330 e. The lowest BCUT2D eigenvalue weighted by molar-refractivity contribution is 0.506. The third-order valence-electron chi connectivity index (χ3n) is 1.93. The van der Waals surface area contributed by atoms with E-state index in [2.05, 4.69) is 11.8 Å². The molecule has 0 atom stereocenters. The van der Waals surface area contributed by atoms with Crippen molar-refractivity contribution in [3.63, 3.8) is 0 Å². The van der Waals surface area contributed by atoms with Gasteiger partial charge in [0.05, 0.1) is 5.56 Å². The zero-order chi connectivity index (χ0) is 11.1. The summed E-state index contributed by atoms with van der Waals surface area (Å²) in [7, 11) is 0. The normalized spacial score (nSPS) is 9.53. The highest BCUT2D eigenvalue weighted by Crippen LogP contribution is 2.09. The van der Waals surface area contributed by atoms with Crippen LogP contribution in [0, 0.1) is 23.5 Å². The monoisotopic (exact) mass is 209 g/mol. The fourth-order valence-corrected chi connectivity index (χ4v) is 1.12. The Kier molecular flexibility index (Phi) is 4.79. The molecular weight excluding hydrogens is 196 g/mol. The second kappa shape index (κ2) is 6.15. The van der Waals surface area contributed by atoms with Crippen LogP contribution >= 0.6 is 0 Å². The summed E-state index contributed by atoms with van der Waals surface area (Å²) in [5.74, 6) is 3.67. The fourth-order valence-electron chi connectivity index (χ4n) is 1.12. The summed E-state index contributed by atoms with van der Waals surface area (Å²) in [6, 6.07) is 3.99. The Morgan fingerprint density at radius 3 is 2.73 bits per heavy atom. The molecule has 0 heterocycles. The smallest absolute Gasteiger partial charge is 0.174 e. The third-order valence-corrected chi connectivity index (χ3v) is 1.93. The van der Waals surface area contributed by atoms with Crippen LogP contribution in [0.1, 0.15) is 24.8 Å². The molecule has 1 nitrogen and oxygen atoms in total. The van der Waals surface area contributed by atoms with Crippen LogP contribution in [0.5, 0.6) is 0 Å². The van der Waals surface area contributed by atoms with Gasteiger partial charge < -0.3 is 5.73 Å². The molecule has 1 aromatic rings. The molecule has 0 saturated carbocycles. The first kappa shape index (κ1) is 11.7. The average Bonchev–Trinajstić information content (AvgIpc) is 2.24. The number of hydrogen-bond acceptors (Lipinski definition) is 1. The van der Waals surface area contributed by atoms with Crippen LogP contribution in [0.2, 0.25) is 0 Å². The number of unbranched alkanes of at least 4 members (excludes halogenated alkanes) is 2. The molecule has 0 aliphatic heterocycles. The van der Waals surface area contributed by atoms with Gasteiger partial charge in [0.2, 0.25) is 0 Å². The lowest BCUT2D eigenvalue weighted by Crippen LogP contribution is -1.97. The maximum atomic E-state index is 13.1. The van der Waals surface area contributed by atoms with Crippen LogP contribution in [0.25, 0.3) is 0 Å². The van der Waals surface area contributed by atoms with Crippen LogP contribution in [0.15, 0.2) is 18.2 Å². The molecule has 1 aromatic carbocycles. The summed E-state index contributed by atoms with van der Waals surface area (Å²) in [6.07, 6.45) is 2.45. The average molecular weight is 209 g/mol. The van der Waals surface area contributed by atoms with Gasteiger partial charge in [-0.15, -0.1) is 0 Å². The van der Waals surface area contributed by atoms with Crippen LogP contribution < -0.4 is 5.73 Å². The summed E-state index contributed by atoms with van der Waals surface area (Å²) in [5, 5.41) is 0. The second-order valence-corrected chi connectivity index (χ2v) is 3.15. The van der Waals surface area contributed by atoms with Gasteiger partial charge in [0.1, 0.15) is 0 Å². The van der Waals surface area contributed by atoms with E-state index in [-0.39, 0.29) is 5.56 Å². The van der Waals surface area contributed by atoms with Gasteiger partial charge in [0.15, 0.2) is 11.6 Å². The van der Waals surface area contributed by atoms with Gasteiger partial charge in [-0.1, -0.05) is 17.9 Å². The van der Waals surface area contributed by atoms with Gasteiger partial charge in [-0.2, -0.15) is 0 Å². The van der Waals surface area contributed by atoms with Gasteiger partial charge in [-0.3, -0.25) is 0 Å². The molecule has 0 bridgehead atoms. The molecular formula is C12H13F2N. The van der Waals surface area contributed by atoms with Crippen LogP contribution in [-0.2, 0) is 0 Å². The molecule has 0 spiro atoms. The Morgan fingerprint density at radius 1 is 1.20 bits per heavy atom. The van der Waals surface area contributed by atoms with Gasteiger partial charge in [-0.05, 0) is 31.5 Å². The maximum Gasteiger partial charge on any atom is 0.174 e. The van der Waals surface area contributed by atoms with E-state index in [9.17, 15) is 8.78 Å². The highest BCUT2D eigenvalue weighted by Gasteiger charge is 2.03. The predicted molar refractivity (Wildman–Crippen MR) is 56.1 cm³/mol. The topological polar surface area (TPSA) is 26.0 Å². The molecule has 0 saturated heterocycles. The van der Waals surface area contributed by atoms with Crippen molar-refractivity contribution in [2.45, 2.75) is 19.3 Å². The number of hydrogen-bond donors (Lipinski definition) is 1. The summed E-state index contributed by atoms with van der Waals surface area (Å²) in [6.45, 7) is 0.635. The van der Waals surface area contributed by atoms with E-state index >= 15 is 0 Å². The minimum atomic E-state index is -0.871. The minimum absolute atomic E-state index is 0.114. The molecule has 0 unspecified atom stereocenters. The molecule has 2 N–H and O–H groups in total. The molecule has 1 rings (SSSR count). The van der Waals surface area contributed by atoms with Crippen molar-refractivity contribution in [2.75, 3.05) is 6.54 Å². The SMILES string of the molecule is NCCCCC#Cc1cccc(F)c1F. The van der Waals surface area contributed by atoms with Crippen LogP contribution in [0.3, 0.4) is 0 Å². The highest BCUT2D eigenvalue weighted by atomic mass is 19.2. The Hall–Kier alpha value is -1.40. The molecule has 0 amide bonds. The number of halogens is 2. The van der Waals surface area contributed by atoms with E-state index in [0.717, 1.165) is 18.9 Å². The van der Waals surface area contributed by atoms with Crippen LogP contribution in [-0.4, -0.2) is 6.54 Å². The molecule has 0 radical (unpaired) electrons. The van der Waals surface area contributed by atoms with E-state index in [4.69, 9.17) is 5.73 Å². The van der Waals surface area contributed by atoms with Gasteiger partial charge in [0.25, 0.3) is 0 Å². The van der Waals surface area contributed by atoms with Gasteiger partial charge in [-0.25, -0.2) is 8.78 Å². The zero-order valence-electron chi connectivity index (χ0n) is 8.39. The molecule has 0 fully saturated rings. The van der Waals surface area contributed by atoms with E-state index < -0.39 is 11.6 Å². The lowest BCUT2D eigenvalue weighted by Gasteiger charge is -1.94. The molecule has 80 valence electrons. The standard InChI is InChI=1S/C12H13F2N/c13-11-8-5-7-10(12(11)14)6-3-1-2-4-9-15/h5,7-8H,1-2,4,9,15H2. The van der Waals surface area contributed by atoms with Crippen molar-refractivity contribution in [1.82, 2.24) is 0 Å². The first-order chi connectivity index (χ1) is 7.25.